The van der Waals surface area contributed by atoms with Crippen molar-refractivity contribution in [1.29, 1.82) is 0 Å². The van der Waals surface area contributed by atoms with Crippen LogP contribution >= 0.6 is 0 Å². The number of benzene rings is 2. The smallest absolute Gasteiger partial charge is 0.264 e. The molecule has 1 heterocycles. The number of anilines is 1. The predicted molar refractivity (Wildman–Crippen MR) is 139 cm³/mol. The fraction of sp³-hybridized carbons (Fsp3) is 0.333. The highest BCUT2D eigenvalue weighted by molar-refractivity contribution is 7.92. The fourth-order valence-electron chi connectivity index (χ4n) is 4.49. The second kappa shape index (κ2) is 10.5. The molecular formula is C27H31N3O4S. The average Bonchev–Trinajstić information content (AvgIpc) is 2.88. The molecule has 8 heteroatoms. The molecule has 1 aliphatic rings. The van der Waals surface area contributed by atoms with Gasteiger partial charge in [0.1, 0.15) is 5.56 Å². The summed E-state index contributed by atoms with van der Waals surface area (Å²) in [6, 6.07) is 11.7. The Morgan fingerprint density at radius 2 is 1.94 bits per heavy atom. The van der Waals surface area contributed by atoms with Gasteiger partial charge in [-0.1, -0.05) is 36.8 Å². The van der Waals surface area contributed by atoms with Crippen molar-refractivity contribution in [3.8, 4) is 0 Å². The van der Waals surface area contributed by atoms with E-state index in [0.29, 0.717) is 24.2 Å². The number of aromatic amines is 1. The van der Waals surface area contributed by atoms with Gasteiger partial charge >= 0.3 is 0 Å². The maximum atomic E-state index is 13.4. The summed E-state index contributed by atoms with van der Waals surface area (Å²) in [6.07, 6.45) is 9.59. The van der Waals surface area contributed by atoms with Crippen LogP contribution in [0.25, 0.3) is 10.9 Å². The van der Waals surface area contributed by atoms with Crippen molar-refractivity contribution in [3.05, 3.63) is 81.7 Å². The van der Waals surface area contributed by atoms with Gasteiger partial charge in [0, 0.05) is 30.7 Å². The minimum atomic E-state index is -3.92. The number of pyridine rings is 1. The lowest BCUT2D eigenvalue weighted by molar-refractivity contribution is 0.0953. The average molecular weight is 494 g/mol. The molecular weight excluding hydrogens is 462 g/mol. The molecule has 2 N–H and O–H groups in total. The van der Waals surface area contributed by atoms with Gasteiger partial charge in [-0.2, -0.15) is 0 Å². The van der Waals surface area contributed by atoms with E-state index in [-0.39, 0.29) is 15.8 Å². The summed E-state index contributed by atoms with van der Waals surface area (Å²) in [6.45, 7) is 2.42. The molecule has 0 aliphatic heterocycles. The molecule has 0 saturated heterocycles. The monoisotopic (exact) mass is 493 g/mol. The van der Waals surface area contributed by atoms with E-state index >= 15 is 0 Å². The number of hydrogen-bond donors (Lipinski definition) is 2. The van der Waals surface area contributed by atoms with Crippen LogP contribution in [0.4, 0.5) is 5.69 Å². The number of sulfonamides is 1. The Morgan fingerprint density at radius 1 is 1.14 bits per heavy atom. The van der Waals surface area contributed by atoms with Crippen LogP contribution in [-0.4, -0.2) is 32.9 Å². The maximum Gasteiger partial charge on any atom is 0.264 e. The van der Waals surface area contributed by atoms with Crippen LogP contribution < -0.4 is 15.1 Å². The zero-order valence-electron chi connectivity index (χ0n) is 20.1. The molecule has 0 bridgehead atoms. The quantitative estimate of drug-likeness (QED) is 0.450. The Balaban J connectivity index is 1.60. The van der Waals surface area contributed by atoms with Gasteiger partial charge in [-0.05, 0) is 68.4 Å². The third kappa shape index (κ3) is 5.17. The van der Waals surface area contributed by atoms with E-state index in [1.54, 1.807) is 18.2 Å². The molecule has 0 saturated carbocycles. The molecule has 0 atom stereocenters. The van der Waals surface area contributed by atoms with Crippen LogP contribution in [0.5, 0.6) is 0 Å². The topological polar surface area (TPSA) is 99.3 Å². The number of hydrogen-bond acceptors (Lipinski definition) is 4. The number of rotatable bonds is 8. The molecule has 7 nitrogen and oxygen atoms in total. The maximum absolute atomic E-state index is 13.4. The molecule has 3 aromatic rings. The number of allylic oxidation sites excluding steroid dienone is 1. The molecule has 1 amide bonds. The number of nitrogens with one attached hydrogen (secondary N) is 2. The summed E-state index contributed by atoms with van der Waals surface area (Å²) >= 11 is 0. The first-order valence-corrected chi connectivity index (χ1v) is 13.5. The minimum absolute atomic E-state index is 0.00861. The van der Waals surface area contributed by atoms with Gasteiger partial charge in [-0.3, -0.25) is 13.9 Å². The third-order valence-corrected chi connectivity index (χ3v) is 8.35. The zero-order valence-corrected chi connectivity index (χ0v) is 21.0. The molecule has 0 unspecified atom stereocenters. The van der Waals surface area contributed by atoms with Crippen LogP contribution in [0, 0.1) is 0 Å². The zero-order chi connectivity index (χ0) is 25.0. The Hall–Kier alpha value is -3.39. The highest BCUT2D eigenvalue weighted by Gasteiger charge is 2.24. The van der Waals surface area contributed by atoms with E-state index in [0.717, 1.165) is 24.8 Å². The fourth-order valence-corrected chi connectivity index (χ4v) is 5.75. The normalized spacial score (nSPS) is 13.9. The lowest BCUT2D eigenvalue weighted by Gasteiger charge is -2.22. The highest BCUT2D eigenvalue weighted by atomic mass is 32.2. The summed E-state index contributed by atoms with van der Waals surface area (Å²) in [5.74, 6) is -0.466. The van der Waals surface area contributed by atoms with Crippen molar-refractivity contribution in [2.45, 2.75) is 50.3 Å². The Morgan fingerprint density at radius 3 is 2.69 bits per heavy atom. The summed E-state index contributed by atoms with van der Waals surface area (Å²) in [5, 5.41) is 2.98. The number of amides is 1. The van der Waals surface area contributed by atoms with Crippen LogP contribution in [-0.2, 0) is 16.4 Å². The van der Waals surface area contributed by atoms with Crippen molar-refractivity contribution in [3.63, 3.8) is 0 Å². The van der Waals surface area contributed by atoms with Gasteiger partial charge in [-0.15, -0.1) is 0 Å². The second-order valence-electron chi connectivity index (χ2n) is 8.81. The first kappa shape index (κ1) is 24.7. The first-order chi connectivity index (χ1) is 16.8. The Kier molecular flexibility index (Phi) is 7.40. The lowest BCUT2D eigenvalue weighted by atomic mass is 9.97. The van der Waals surface area contributed by atoms with Gasteiger partial charge in [0.15, 0.2) is 0 Å². The Labute approximate surface area is 205 Å². The lowest BCUT2D eigenvalue weighted by Crippen LogP contribution is -2.30. The van der Waals surface area contributed by atoms with Gasteiger partial charge in [0.05, 0.1) is 10.6 Å². The second-order valence-corrected chi connectivity index (χ2v) is 10.8. The number of nitrogens with zero attached hydrogens (tertiary/aromatic N) is 1. The minimum Gasteiger partial charge on any atom is -0.360 e. The van der Waals surface area contributed by atoms with E-state index in [9.17, 15) is 18.0 Å². The number of aromatic nitrogens is 1. The van der Waals surface area contributed by atoms with Crippen molar-refractivity contribution >= 4 is 32.5 Å². The molecule has 184 valence electrons. The largest absolute Gasteiger partial charge is 0.360 e. The SMILES string of the molecule is CCc1ccccc1N(C)S(=O)(=O)c1ccc2[nH]cc(C(=O)NCCC3=CCCCC3)c(=O)c2c1. The molecule has 0 fully saturated rings. The van der Waals surface area contributed by atoms with E-state index in [4.69, 9.17) is 0 Å². The number of fused-ring (bicyclic) bond motifs is 1. The van der Waals surface area contributed by atoms with Crippen molar-refractivity contribution in [1.82, 2.24) is 10.3 Å². The van der Waals surface area contributed by atoms with Crippen LogP contribution in [0.2, 0.25) is 0 Å². The molecule has 1 aromatic heterocycles. The summed E-state index contributed by atoms with van der Waals surface area (Å²) in [7, 11) is -2.41. The van der Waals surface area contributed by atoms with Gasteiger partial charge in [0.2, 0.25) is 5.43 Å². The first-order valence-electron chi connectivity index (χ1n) is 12.0. The van der Waals surface area contributed by atoms with Gasteiger partial charge in [0.25, 0.3) is 15.9 Å². The van der Waals surface area contributed by atoms with Gasteiger partial charge < -0.3 is 10.3 Å². The molecule has 0 radical (unpaired) electrons. The van der Waals surface area contributed by atoms with Crippen molar-refractivity contribution < 1.29 is 13.2 Å². The predicted octanol–water partition coefficient (Wildman–Crippen LogP) is 4.54. The van der Waals surface area contributed by atoms with E-state index in [2.05, 4.69) is 16.4 Å². The van der Waals surface area contributed by atoms with Crippen LogP contribution in [0.15, 0.2) is 70.0 Å². The number of aryl methyl sites for hydroxylation is 1. The number of carbonyl (C=O) groups excluding carboxylic acids is 1. The Bertz CT molecular complexity index is 1440. The molecule has 4 rings (SSSR count). The molecule has 1 aliphatic carbocycles. The van der Waals surface area contributed by atoms with Crippen molar-refractivity contribution in [2.24, 2.45) is 0 Å². The molecule has 2 aromatic carbocycles. The number of para-hydroxylation sites is 1. The van der Waals surface area contributed by atoms with E-state index in [1.807, 2.05) is 19.1 Å². The molecule has 35 heavy (non-hydrogen) atoms. The van der Waals surface area contributed by atoms with Crippen LogP contribution in [0.3, 0.4) is 0 Å². The standard InChI is InChI=1S/C27H31N3O4S/c1-3-20-11-7-8-12-25(20)30(2)35(33,34)21-13-14-24-22(17-21)26(31)23(18-29-24)27(32)28-16-15-19-9-5-4-6-10-19/h7-9,11-14,17-18H,3-6,10,15-16H2,1-2H3,(H,28,32)(H,29,31). The number of carbonyl (C=O) groups is 1. The number of H-pyrrole nitrogens is 1. The van der Waals surface area contributed by atoms with E-state index in [1.165, 1.54) is 48.1 Å². The van der Waals surface area contributed by atoms with Crippen molar-refractivity contribution in [2.75, 3.05) is 17.9 Å². The summed E-state index contributed by atoms with van der Waals surface area (Å²) in [5.41, 5.74) is 2.77. The summed E-state index contributed by atoms with van der Waals surface area (Å²) < 4.78 is 28.0. The summed E-state index contributed by atoms with van der Waals surface area (Å²) in [4.78, 5) is 28.8. The van der Waals surface area contributed by atoms with E-state index < -0.39 is 21.4 Å². The highest BCUT2D eigenvalue weighted by Crippen LogP contribution is 2.27. The third-order valence-electron chi connectivity index (χ3n) is 6.58. The van der Waals surface area contributed by atoms with Gasteiger partial charge in [-0.25, -0.2) is 8.42 Å². The molecule has 0 spiro atoms. The van der Waals surface area contributed by atoms with Crippen LogP contribution in [0.1, 0.15) is 54.9 Å².